The molecule has 3 nitrogen and oxygen atoms in total. The van der Waals surface area contributed by atoms with Gasteiger partial charge >= 0.3 is 0 Å². The van der Waals surface area contributed by atoms with Crippen molar-refractivity contribution in [3.05, 3.63) is 176 Å². The highest BCUT2D eigenvalue weighted by atomic mass is 32.1. The first-order chi connectivity index (χ1) is 25.8. The van der Waals surface area contributed by atoms with Gasteiger partial charge in [0.05, 0.1) is 22.2 Å². The Kier molecular flexibility index (Phi) is 6.42. The Bertz CT molecular complexity index is 3180. The molecule has 3 heterocycles. The molecule has 0 radical (unpaired) electrons. The molecule has 0 unspecified atom stereocenters. The molecule has 0 bridgehead atoms. The van der Waals surface area contributed by atoms with E-state index in [0.717, 1.165) is 44.3 Å². The third-order valence-corrected chi connectivity index (χ3v) is 11.6. The lowest BCUT2D eigenvalue weighted by Crippen LogP contribution is -2.04. The van der Waals surface area contributed by atoms with Crippen molar-refractivity contribution in [3.63, 3.8) is 0 Å². The zero-order valence-electron chi connectivity index (χ0n) is 28.0. The summed E-state index contributed by atoms with van der Waals surface area (Å²) in [6.07, 6.45) is 0. The van der Waals surface area contributed by atoms with Gasteiger partial charge in [0.15, 0.2) is 0 Å². The zero-order chi connectivity index (χ0) is 34.2. The first-order valence-corrected chi connectivity index (χ1v) is 18.4. The van der Waals surface area contributed by atoms with Gasteiger partial charge in [-0.25, -0.2) is 9.97 Å². The van der Waals surface area contributed by atoms with Crippen molar-refractivity contribution < 1.29 is 0 Å². The SMILES string of the molecule is c1ccc(-c2cc3nc(-n4c5ccccc5c5cc6ccccc6cc54)nc(-c4ccccc4)c3cc2-c2cccc3c2sc2ccccc23)cc1. The van der Waals surface area contributed by atoms with Crippen LogP contribution in [0.1, 0.15) is 0 Å². The molecule has 0 aliphatic rings. The molecule has 0 aliphatic carbocycles. The summed E-state index contributed by atoms with van der Waals surface area (Å²) >= 11 is 1.86. The van der Waals surface area contributed by atoms with Crippen molar-refractivity contribution in [3.8, 4) is 39.5 Å². The first-order valence-electron chi connectivity index (χ1n) is 17.6. The van der Waals surface area contributed by atoms with Gasteiger partial charge in [-0.1, -0.05) is 140 Å². The molecule has 3 aromatic heterocycles. The van der Waals surface area contributed by atoms with Crippen LogP contribution < -0.4 is 0 Å². The van der Waals surface area contributed by atoms with Crippen molar-refractivity contribution in [1.82, 2.24) is 14.5 Å². The molecular weight excluding hydrogens is 651 g/mol. The average Bonchev–Trinajstić information content (AvgIpc) is 3.75. The van der Waals surface area contributed by atoms with Crippen LogP contribution in [0.25, 0.3) is 103 Å². The molecule has 0 fully saturated rings. The van der Waals surface area contributed by atoms with E-state index in [4.69, 9.17) is 9.97 Å². The molecular formula is C48H29N3S. The fraction of sp³-hybridized carbons (Fsp3) is 0. The maximum Gasteiger partial charge on any atom is 0.235 e. The van der Waals surface area contributed by atoms with Gasteiger partial charge < -0.3 is 0 Å². The molecule has 0 spiro atoms. The van der Waals surface area contributed by atoms with Crippen LogP contribution in [0.4, 0.5) is 0 Å². The number of hydrogen-bond acceptors (Lipinski definition) is 3. The monoisotopic (exact) mass is 679 g/mol. The average molecular weight is 680 g/mol. The van der Waals surface area contributed by atoms with Crippen LogP contribution in [0, 0.1) is 0 Å². The van der Waals surface area contributed by atoms with E-state index in [9.17, 15) is 0 Å². The second-order valence-electron chi connectivity index (χ2n) is 13.4. The summed E-state index contributed by atoms with van der Waals surface area (Å²) in [6.45, 7) is 0. The predicted molar refractivity (Wildman–Crippen MR) is 221 cm³/mol. The van der Waals surface area contributed by atoms with Gasteiger partial charge in [0.1, 0.15) is 0 Å². The number of aromatic nitrogens is 3. The van der Waals surface area contributed by atoms with Crippen LogP contribution in [0.3, 0.4) is 0 Å². The first kappa shape index (κ1) is 29.1. The van der Waals surface area contributed by atoms with E-state index in [0.29, 0.717) is 5.95 Å². The van der Waals surface area contributed by atoms with Gasteiger partial charge in [-0.05, 0) is 63.9 Å². The number of para-hydroxylation sites is 1. The standard InChI is InChI=1S/C48H29N3S/c1-3-14-30(15-4-1)38-29-42-41(28-39(38)37-23-13-22-36-35-21-10-12-25-45(35)52-47(36)37)46(31-16-5-2-6-17-31)50-48(49-42)51-43-24-11-9-20-34(43)40-26-32-18-7-8-19-33(32)27-44(40)51/h1-29H. The van der Waals surface area contributed by atoms with E-state index in [1.54, 1.807) is 0 Å². The molecule has 0 amide bonds. The van der Waals surface area contributed by atoms with Crippen molar-refractivity contribution in [2.45, 2.75) is 0 Å². The molecule has 242 valence electrons. The maximum atomic E-state index is 5.48. The molecule has 0 atom stereocenters. The van der Waals surface area contributed by atoms with Gasteiger partial charge in [-0.3, -0.25) is 4.57 Å². The molecule has 0 aliphatic heterocycles. The number of thiophene rings is 1. The Hall–Kier alpha value is -6.62. The summed E-state index contributed by atoms with van der Waals surface area (Å²) in [5, 5.41) is 8.38. The van der Waals surface area contributed by atoms with Crippen molar-refractivity contribution in [2.75, 3.05) is 0 Å². The highest BCUT2D eigenvalue weighted by Crippen LogP contribution is 2.45. The molecule has 11 rings (SSSR count). The number of rotatable bonds is 4. The maximum absolute atomic E-state index is 5.48. The van der Waals surface area contributed by atoms with E-state index in [1.807, 2.05) is 11.3 Å². The lowest BCUT2D eigenvalue weighted by atomic mass is 9.91. The summed E-state index contributed by atoms with van der Waals surface area (Å²) in [6, 6.07) is 63.1. The Morgan fingerprint density at radius 3 is 1.90 bits per heavy atom. The minimum atomic E-state index is 0.659. The van der Waals surface area contributed by atoms with Crippen LogP contribution in [0.15, 0.2) is 176 Å². The zero-order valence-corrected chi connectivity index (χ0v) is 28.8. The normalized spacial score (nSPS) is 11.8. The lowest BCUT2D eigenvalue weighted by molar-refractivity contribution is 1.01. The van der Waals surface area contributed by atoms with Crippen LogP contribution in [-0.2, 0) is 0 Å². The number of nitrogens with zero attached hydrogens (tertiary/aromatic N) is 3. The second kappa shape index (κ2) is 11.5. The summed E-state index contributed by atoms with van der Waals surface area (Å²) in [4.78, 5) is 10.9. The van der Waals surface area contributed by atoms with E-state index >= 15 is 0 Å². The van der Waals surface area contributed by atoms with Gasteiger partial charge in [0.25, 0.3) is 0 Å². The lowest BCUT2D eigenvalue weighted by Gasteiger charge is -2.17. The number of hydrogen-bond donors (Lipinski definition) is 0. The van der Waals surface area contributed by atoms with Crippen LogP contribution in [-0.4, -0.2) is 14.5 Å². The van der Waals surface area contributed by atoms with Gasteiger partial charge in [-0.15, -0.1) is 11.3 Å². The summed E-state index contributed by atoms with van der Waals surface area (Å²) in [7, 11) is 0. The highest BCUT2D eigenvalue weighted by molar-refractivity contribution is 7.26. The molecule has 52 heavy (non-hydrogen) atoms. The van der Waals surface area contributed by atoms with Gasteiger partial charge in [-0.2, -0.15) is 0 Å². The second-order valence-corrected chi connectivity index (χ2v) is 14.4. The summed E-state index contributed by atoms with van der Waals surface area (Å²) in [5.74, 6) is 0.659. The summed E-state index contributed by atoms with van der Waals surface area (Å²) in [5.41, 5.74) is 9.75. The van der Waals surface area contributed by atoms with Crippen molar-refractivity contribution >= 4 is 75.0 Å². The van der Waals surface area contributed by atoms with Crippen LogP contribution in [0.2, 0.25) is 0 Å². The van der Waals surface area contributed by atoms with E-state index in [2.05, 4.69) is 180 Å². The van der Waals surface area contributed by atoms with E-state index < -0.39 is 0 Å². The number of fused-ring (bicyclic) bond motifs is 8. The Morgan fingerprint density at radius 1 is 0.404 bits per heavy atom. The molecule has 4 heteroatoms. The van der Waals surface area contributed by atoms with Crippen LogP contribution in [0.5, 0.6) is 0 Å². The fourth-order valence-electron chi connectivity index (χ4n) is 7.99. The predicted octanol–water partition coefficient (Wildman–Crippen LogP) is 13.2. The molecule has 0 saturated heterocycles. The van der Waals surface area contributed by atoms with E-state index in [1.165, 1.54) is 52.8 Å². The third kappa shape index (κ3) is 4.45. The largest absolute Gasteiger partial charge is 0.278 e. The quantitative estimate of drug-likeness (QED) is 0.185. The van der Waals surface area contributed by atoms with Crippen molar-refractivity contribution in [1.29, 1.82) is 0 Å². The molecule has 0 N–H and O–H groups in total. The molecule has 0 saturated carbocycles. The van der Waals surface area contributed by atoms with Crippen LogP contribution >= 0.6 is 11.3 Å². The Morgan fingerprint density at radius 2 is 1.08 bits per heavy atom. The highest BCUT2D eigenvalue weighted by Gasteiger charge is 2.21. The van der Waals surface area contributed by atoms with E-state index in [-0.39, 0.29) is 0 Å². The minimum absolute atomic E-state index is 0.659. The summed E-state index contributed by atoms with van der Waals surface area (Å²) < 4.78 is 4.83. The third-order valence-electron chi connectivity index (χ3n) is 10.4. The fourth-order valence-corrected chi connectivity index (χ4v) is 9.22. The van der Waals surface area contributed by atoms with Gasteiger partial charge in [0.2, 0.25) is 5.95 Å². The Balaban J connectivity index is 1.26. The molecule has 11 aromatic rings. The Labute approximate surface area is 303 Å². The topological polar surface area (TPSA) is 30.7 Å². The minimum Gasteiger partial charge on any atom is -0.278 e. The van der Waals surface area contributed by atoms with Crippen molar-refractivity contribution in [2.24, 2.45) is 0 Å². The van der Waals surface area contributed by atoms with Gasteiger partial charge in [0, 0.05) is 47.5 Å². The smallest absolute Gasteiger partial charge is 0.235 e. The molecule has 8 aromatic carbocycles. The number of benzene rings is 8.